The summed E-state index contributed by atoms with van der Waals surface area (Å²) in [7, 11) is 0. The minimum absolute atomic E-state index is 0.0643. The fraction of sp³-hybridized carbons (Fsp3) is 0.600. The Morgan fingerprint density at radius 3 is 2.54 bits per heavy atom. The minimum atomic E-state index is -4.94. The molecule has 2 aliphatic heterocycles. The maximum Gasteiger partial charge on any atom is 0.434 e. The summed E-state index contributed by atoms with van der Waals surface area (Å²) in [4.78, 5) is 36.2. The van der Waals surface area contributed by atoms with Crippen molar-refractivity contribution < 1.29 is 32.6 Å². The molecule has 1 amide bonds. The highest BCUT2D eigenvalue weighted by atomic mass is 19.4. The second-order valence-corrected chi connectivity index (χ2v) is 13.2. The Morgan fingerprint density at radius 2 is 1.85 bits per heavy atom. The van der Waals surface area contributed by atoms with Gasteiger partial charge in [0.25, 0.3) is 5.91 Å². The Hall–Kier alpha value is -3.21. The van der Waals surface area contributed by atoms with Crippen molar-refractivity contribution in [3.8, 4) is 0 Å². The summed E-state index contributed by atoms with van der Waals surface area (Å²) >= 11 is 0. The van der Waals surface area contributed by atoms with Gasteiger partial charge in [-0.1, -0.05) is 17.7 Å². The van der Waals surface area contributed by atoms with Crippen LogP contribution in [0.2, 0.25) is 0 Å². The van der Waals surface area contributed by atoms with Gasteiger partial charge in [-0.2, -0.15) is 13.2 Å². The number of carbonyl (C=O) groups is 2. The van der Waals surface area contributed by atoms with Crippen LogP contribution in [0.25, 0.3) is 0 Å². The fourth-order valence-electron chi connectivity index (χ4n) is 9.93. The van der Waals surface area contributed by atoms with E-state index >= 15 is 0 Å². The number of anilines is 2. The molecule has 6 unspecified atom stereocenters. The Morgan fingerprint density at radius 1 is 1.12 bits per heavy atom. The maximum absolute atomic E-state index is 14.5. The van der Waals surface area contributed by atoms with Crippen LogP contribution in [0.1, 0.15) is 65.7 Å². The van der Waals surface area contributed by atoms with Gasteiger partial charge in [0, 0.05) is 37.1 Å². The molecule has 1 aromatic carbocycles. The number of benzene rings is 1. The zero-order chi connectivity index (χ0) is 28.5. The van der Waals surface area contributed by atoms with Gasteiger partial charge < -0.3 is 20.1 Å². The maximum atomic E-state index is 14.5. The van der Waals surface area contributed by atoms with E-state index in [1.165, 1.54) is 0 Å². The third-order valence-corrected chi connectivity index (χ3v) is 11.8. The molecule has 2 spiro atoms. The number of nitrogens with one attached hydrogen (secondary N) is 1. The Kier molecular flexibility index (Phi) is 4.97. The molecule has 6 aliphatic rings. The van der Waals surface area contributed by atoms with E-state index in [1.807, 2.05) is 19.1 Å². The van der Waals surface area contributed by atoms with Crippen LogP contribution in [-0.2, 0) is 21.1 Å². The van der Waals surface area contributed by atoms with Crippen molar-refractivity contribution in [1.29, 1.82) is 0 Å². The van der Waals surface area contributed by atoms with Gasteiger partial charge in [-0.15, -0.1) is 0 Å². The lowest BCUT2D eigenvalue weighted by molar-refractivity contribution is -0.209. The van der Waals surface area contributed by atoms with Crippen molar-refractivity contribution in [2.45, 2.75) is 62.6 Å². The van der Waals surface area contributed by atoms with E-state index < -0.39 is 34.8 Å². The Balaban J connectivity index is 1.15. The molecule has 6 atom stereocenters. The zero-order valence-electron chi connectivity index (χ0n) is 22.6. The lowest BCUT2D eigenvalue weighted by atomic mass is 9.36. The number of nitrogens with zero attached hydrogens (tertiary/aromatic N) is 3. The molecule has 5 fully saturated rings. The lowest BCUT2D eigenvalue weighted by Crippen LogP contribution is -2.73. The molecular formula is C30H31F3N4O4. The third-order valence-electron chi connectivity index (χ3n) is 11.8. The van der Waals surface area contributed by atoms with Crippen LogP contribution in [0.4, 0.5) is 24.8 Å². The molecule has 0 radical (unpaired) electrons. The molecule has 4 saturated carbocycles. The number of carboxylic acids is 1. The van der Waals surface area contributed by atoms with Crippen molar-refractivity contribution in [1.82, 2.24) is 15.3 Å². The molecule has 2 bridgehead atoms. The van der Waals surface area contributed by atoms with E-state index in [1.54, 1.807) is 4.90 Å². The molecule has 1 saturated heterocycles. The molecule has 3 heterocycles. The predicted octanol–water partition coefficient (Wildman–Crippen LogP) is 4.62. The van der Waals surface area contributed by atoms with Gasteiger partial charge in [0.1, 0.15) is 5.54 Å². The largest absolute Gasteiger partial charge is 0.479 e. The number of fused-ring (bicyclic) bond motifs is 3. The number of ether oxygens (including phenoxy) is 1. The standard InChI is InChI=1S/C30H31F3N4O4/c1-15-2-3-21-20(8-15)27(4-6-41-7-5-27)14-37(21)26-34-13-19(23(35-26)30(31,32)33)24(38)36-29(25(39)40)18-10-16-9-17-11-22(29)28(16,17)12-18/h2-3,8,13,16-18,22H,4-7,9-12,14H2,1H3,(H,36,38)(H,39,40). The molecule has 2 N–H and O–H groups in total. The summed E-state index contributed by atoms with van der Waals surface area (Å²) in [5, 5.41) is 13.0. The van der Waals surface area contributed by atoms with Gasteiger partial charge >= 0.3 is 12.1 Å². The van der Waals surface area contributed by atoms with Gasteiger partial charge in [-0.05, 0) is 86.2 Å². The van der Waals surface area contributed by atoms with Crippen molar-refractivity contribution in [3.05, 3.63) is 46.8 Å². The zero-order valence-corrected chi connectivity index (χ0v) is 22.6. The van der Waals surface area contributed by atoms with Gasteiger partial charge in [0.15, 0.2) is 5.69 Å². The molecule has 11 heteroatoms. The van der Waals surface area contributed by atoms with Gasteiger partial charge in [-0.25, -0.2) is 14.8 Å². The van der Waals surface area contributed by atoms with E-state index in [0.29, 0.717) is 44.4 Å². The average Bonchev–Trinajstić information content (AvgIpc) is 3.52. The third kappa shape index (κ3) is 3.10. The van der Waals surface area contributed by atoms with E-state index in [9.17, 15) is 27.9 Å². The number of carbonyl (C=O) groups excluding carboxylic acids is 1. The van der Waals surface area contributed by atoms with Gasteiger partial charge in [-0.3, -0.25) is 4.79 Å². The van der Waals surface area contributed by atoms with Crippen molar-refractivity contribution in [2.75, 3.05) is 24.7 Å². The van der Waals surface area contributed by atoms with Crippen LogP contribution in [-0.4, -0.2) is 52.2 Å². The number of amides is 1. The van der Waals surface area contributed by atoms with Crippen LogP contribution < -0.4 is 10.2 Å². The monoisotopic (exact) mass is 568 g/mol. The molecule has 216 valence electrons. The van der Waals surface area contributed by atoms with Crippen LogP contribution in [0, 0.1) is 36.0 Å². The number of alkyl halides is 3. The summed E-state index contributed by atoms with van der Waals surface area (Å²) in [5.41, 5.74) is -1.14. The molecule has 8 nitrogen and oxygen atoms in total. The molecule has 2 aromatic rings. The molecule has 41 heavy (non-hydrogen) atoms. The summed E-state index contributed by atoms with van der Waals surface area (Å²) in [6.07, 6.45) is 0.648. The highest BCUT2D eigenvalue weighted by Crippen LogP contribution is 2.83. The Bertz CT molecular complexity index is 1510. The number of hydrogen-bond donors (Lipinski definition) is 2. The average molecular weight is 569 g/mol. The number of carboxylic acid groups (broad SMARTS) is 1. The van der Waals surface area contributed by atoms with E-state index in [-0.39, 0.29) is 28.6 Å². The first-order valence-electron chi connectivity index (χ1n) is 14.5. The second kappa shape index (κ2) is 7.99. The SMILES string of the molecule is Cc1ccc2c(c1)C1(CCOCC1)CN2c1ncc(C(=O)NC2(C(=O)O)C3CC4CC5CC2C45C3)c(C(F)(F)F)n1. The smallest absolute Gasteiger partial charge is 0.434 e. The molecule has 4 aliphatic carbocycles. The number of rotatable bonds is 4. The van der Waals surface area contributed by atoms with Crippen LogP contribution in [0.15, 0.2) is 24.4 Å². The van der Waals surface area contributed by atoms with Crippen molar-refractivity contribution >= 4 is 23.5 Å². The number of halogens is 3. The summed E-state index contributed by atoms with van der Waals surface area (Å²) in [5.74, 6) is -1.94. The summed E-state index contributed by atoms with van der Waals surface area (Å²) < 4.78 is 49.0. The number of hydrogen-bond acceptors (Lipinski definition) is 6. The molecular weight excluding hydrogens is 537 g/mol. The first-order valence-corrected chi connectivity index (χ1v) is 14.5. The quantitative estimate of drug-likeness (QED) is 0.555. The number of aryl methyl sites for hydroxylation is 1. The predicted molar refractivity (Wildman–Crippen MR) is 140 cm³/mol. The van der Waals surface area contributed by atoms with Crippen molar-refractivity contribution in [2.24, 2.45) is 29.1 Å². The van der Waals surface area contributed by atoms with Crippen molar-refractivity contribution in [3.63, 3.8) is 0 Å². The first kappa shape index (κ1) is 25.5. The van der Waals surface area contributed by atoms with Crippen LogP contribution >= 0.6 is 0 Å². The summed E-state index contributed by atoms with van der Waals surface area (Å²) in [6, 6.07) is 5.87. The lowest BCUT2D eigenvalue weighted by Gasteiger charge is -2.69. The van der Waals surface area contributed by atoms with E-state index in [0.717, 1.165) is 48.7 Å². The van der Waals surface area contributed by atoms with Gasteiger partial charge in [0.2, 0.25) is 5.95 Å². The Labute approximate surface area is 234 Å². The number of aliphatic carboxylic acids is 1. The van der Waals surface area contributed by atoms with Crippen LogP contribution in [0.5, 0.6) is 0 Å². The van der Waals surface area contributed by atoms with Gasteiger partial charge in [0.05, 0.1) is 5.56 Å². The normalized spacial score (nSPS) is 35.5. The highest BCUT2D eigenvalue weighted by Gasteiger charge is 2.83. The molecule has 1 aromatic heterocycles. The van der Waals surface area contributed by atoms with Crippen LogP contribution in [0.3, 0.4) is 0 Å². The second-order valence-electron chi connectivity index (χ2n) is 13.2. The topological polar surface area (TPSA) is 105 Å². The first-order chi connectivity index (χ1) is 19.5. The van der Waals surface area contributed by atoms with E-state index in [2.05, 4.69) is 21.4 Å². The summed E-state index contributed by atoms with van der Waals surface area (Å²) in [6.45, 7) is 3.51. The minimum Gasteiger partial charge on any atom is -0.479 e. The molecule has 8 rings (SSSR count). The fourth-order valence-corrected chi connectivity index (χ4v) is 9.93. The number of aromatic nitrogens is 2. The van der Waals surface area contributed by atoms with E-state index in [4.69, 9.17) is 4.74 Å². The highest BCUT2D eigenvalue weighted by molar-refractivity contribution is 5.99.